The number of rotatable bonds is 7. The number of methoxy groups -OCH3 is 2. The summed E-state index contributed by atoms with van der Waals surface area (Å²) >= 11 is 0. The largest absolute Gasteiger partial charge is 0.497 e. The monoisotopic (exact) mass is 380 g/mol. The Kier molecular flexibility index (Phi) is 5.78. The summed E-state index contributed by atoms with van der Waals surface area (Å²) in [7, 11) is -1.54. The van der Waals surface area contributed by atoms with E-state index in [2.05, 4.69) is 4.74 Å². The maximum atomic E-state index is 12.9. The Bertz CT molecular complexity index is 893. The van der Waals surface area contributed by atoms with Gasteiger partial charge in [0.1, 0.15) is 12.3 Å². The normalized spacial score (nSPS) is 10.8. The molecule has 138 valence electrons. The van der Waals surface area contributed by atoms with Crippen molar-refractivity contribution < 1.29 is 27.6 Å². The lowest BCUT2D eigenvalue weighted by Gasteiger charge is -2.23. The Morgan fingerprint density at radius 2 is 1.65 bits per heavy atom. The third-order valence-electron chi connectivity index (χ3n) is 3.50. The Hall–Kier alpha value is -3.14. The Morgan fingerprint density at radius 3 is 2.12 bits per heavy atom. The molecule has 0 radical (unpaired) electrons. The van der Waals surface area contributed by atoms with Crippen molar-refractivity contribution >= 4 is 27.4 Å². The van der Waals surface area contributed by atoms with Gasteiger partial charge in [-0.15, -0.1) is 0 Å². The van der Waals surface area contributed by atoms with E-state index >= 15 is 0 Å². The number of nitro benzene ring substituents is 1. The molecule has 0 saturated carbocycles. The van der Waals surface area contributed by atoms with E-state index in [-0.39, 0.29) is 16.3 Å². The molecule has 2 rings (SSSR count). The number of carbonyl (C=O) groups excluding carboxylic acids is 1. The summed E-state index contributed by atoms with van der Waals surface area (Å²) < 4.78 is 36.3. The molecular weight excluding hydrogens is 364 g/mol. The standard InChI is InChI=1S/C16H16N2O7S/c1-24-14-7-3-12(4-8-14)17(11-16(19)25-2)26(22,23)15-9-5-13(6-10-15)18(20)21/h3-10H,11H2,1-2H3. The van der Waals surface area contributed by atoms with Crippen LogP contribution in [-0.4, -0.2) is 40.1 Å². The molecule has 9 nitrogen and oxygen atoms in total. The fourth-order valence-corrected chi connectivity index (χ4v) is 3.52. The van der Waals surface area contributed by atoms with Gasteiger partial charge in [0.2, 0.25) is 0 Å². The summed E-state index contributed by atoms with van der Waals surface area (Å²) in [5.74, 6) is -0.245. The van der Waals surface area contributed by atoms with E-state index in [1.807, 2.05) is 0 Å². The number of hydrogen-bond acceptors (Lipinski definition) is 7. The molecule has 0 saturated heterocycles. The van der Waals surface area contributed by atoms with Crippen molar-refractivity contribution in [1.29, 1.82) is 0 Å². The number of nitrogens with zero attached hydrogens (tertiary/aromatic N) is 2. The highest BCUT2D eigenvalue weighted by Gasteiger charge is 2.28. The molecule has 0 N–H and O–H groups in total. The van der Waals surface area contributed by atoms with E-state index in [4.69, 9.17) is 4.74 Å². The molecule has 0 spiro atoms. The molecule has 0 fully saturated rings. The quantitative estimate of drug-likeness (QED) is 0.409. The average molecular weight is 380 g/mol. The van der Waals surface area contributed by atoms with Crippen LogP contribution in [0.3, 0.4) is 0 Å². The van der Waals surface area contributed by atoms with Crippen LogP contribution in [0.1, 0.15) is 0 Å². The molecule has 10 heteroatoms. The lowest BCUT2D eigenvalue weighted by Crippen LogP contribution is -2.36. The Morgan fingerprint density at radius 1 is 1.08 bits per heavy atom. The van der Waals surface area contributed by atoms with Gasteiger partial charge in [-0.3, -0.25) is 19.2 Å². The van der Waals surface area contributed by atoms with Crippen LogP contribution in [0, 0.1) is 10.1 Å². The van der Waals surface area contributed by atoms with Crippen LogP contribution in [-0.2, 0) is 19.6 Å². The van der Waals surface area contributed by atoms with Crippen molar-refractivity contribution in [2.45, 2.75) is 4.90 Å². The zero-order chi connectivity index (χ0) is 19.3. The van der Waals surface area contributed by atoms with Crippen LogP contribution < -0.4 is 9.04 Å². The third kappa shape index (κ3) is 4.09. The number of sulfonamides is 1. The molecule has 0 aromatic heterocycles. The van der Waals surface area contributed by atoms with Gasteiger partial charge in [-0.25, -0.2) is 8.42 Å². The van der Waals surface area contributed by atoms with Crippen molar-refractivity contribution in [2.75, 3.05) is 25.1 Å². The highest BCUT2D eigenvalue weighted by Crippen LogP contribution is 2.26. The average Bonchev–Trinajstić information content (AvgIpc) is 2.65. The number of benzene rings is 2. The predicted molar refractivity (Wildman–Crippen MR) is 92.6 cm³/mol. The number of nitro groups is 1. The zero-order valence-corrected chi connectivity index (χ0v) is 14.8. The molecule has 0 atom stereocenters. The minimum absolute atomic E-state index is 0.192. The van der Waals surface area contributed by atoms with Gasteiger partial charge < -0.3 is 9.47 Å². The lowest BCUT2D eigenvalue weighted by atomic mass is 10.3. The van der Waals surface area contributed by atoms with Crippen LogP contribution in [0.25, 0.3) is 0 Å². The van der Waals surface area contributed by atoms with Gasteiger partial charge >= 0.3 is 5.97 Å². The van der Waals surface area contributed by atoms with Gasteiger partial charge in [0.25, 0.3) is 15.7 Å². The van der Waals surface area contributed by atoms with Crippen LogP contribution >= 0.6 is 0 Å². The van der Waals surface area contributed by atoms with Crippen LogP contribution in [0.15, 0.2) is 53.4 Å². The molecule has 0 aliphatic rings. The number of anilines is 1. The highest BCUT2D eigenvalue weighted by atomic mass is 32.2. The van der Waals surface area contributed by atoms with Crippen molar-refractivity contribution in [3.8, 4) is 5.75 Å². The van der Waals surface area contributed by atoms with Crippen molar-refractivity contribution in [2.24, 2.45) is 0 Å². The van der Waals surface area contributed by atoms with E-state index in [1.54, 1.807) is 12.1 Å². The van der Waals surface area contributed by atoms with E-state index in [0.29, 0.717) is 5.75 Å². The topological polar surface area (TPSA) is 116 Å². The summed E-state index contributed by atoms with van der Waals surface area (Å²) in [6.45, 7) is -0.553. The molecule has 0 aliphatic carbocycles. The molecule has 0 bridgehead atoms. The fourth-order valence-electron chi connectivity index (χ4n) is 2.11. The molecule has 0 unspecified atom stereocenters. The van der Waals surface area contributed by atoms with Crippen molar-refractivity contribution in [3.05, 3.63) is 58.6 Å². The Balaban J connectivity index is 2.47. The summed E-state index contributed by atoms with van der Waals surface area (Å²) in [6, 6.07) is 10.4. The minimum atomic E-state index is -4.15. The SMILES string of the molecule is COC(=O)CN(c1ccc(OC)cc1)S(=O)(=O)c1ccc([N+](=O)[O-])cc1. The smallest absolute Gasteiger partial charge is 0.326 e. The first kappa shape index (κ1) is 19.2. The molecular formula is C16H16N2O7S. The number of carbonyl (C=O) groups is 1. The van der Waals surface area contributed by atoms with Crippen LogP contribution in [0.2, 0.25) is 0 Å². The fraction of sp³-hybridized carbons (Fsp3) is 0.188. The summed E-state index contributed by atoms with van der Waals surface area (Å²) in [6.07, 6.45) is 0. The highest BCUT2D eigenvalue weighted by molar-refractivity contribution is 7.92. The van der Waals surface area contributed by atoms with Gasteiger partial charge in [0, 0.05) is 12.1 Å². The van der Waals surface area contributed by atoms with Gasteiger partial charge in [-0.1, -0.05) is 0 Å². The van der Waals surface area contributed by atoms with Gasteiger partial charge in [0.15, 0.2) is 0 Å². The van der Waals surface area contributed by atoms with E-state index in [9.17, 15) is 23.3 Å². The van der Waals surface area contributed by atoms with Gasteiger partial charge in [-0.2, -0.15) is 0 Å². The first-order valence-corrected chi connectivity index (χ1v) is 8.71. The maximum absolute atomic E-state index is 12.9. The summed E-state index contributed by atoms with van der Waals surface area (Å²) in [5, 5.41) is 10.7. The van der Waals surface area contributed by atoms with Gasteiger partial charge in [0.05, 0.1) is 29.7 Å². The second-order valence-corrected chi connectivity index (χ2v) is 6.90. The Labute approximate surface area is 150 Å². The molecule has 0 amide bonds. The van der Waals surface area contributed by atoms with Crippen molar-refractivity contribution in [3.63, 3.8) is 0 Å². The predicted octanol–water partition coefficient (Wildman–Crippen LogP) is 1.97. The number of hydrogen-bond donors (Lipinski definition) is 0. The lowest BCUT2D eigenvalue weighted by molar-refractivity contribution is -0.384. The molecule has 2 aromatic rings. The second-order valence-electron chi connectivity index (χ2n) is 5.04. The molecule has 0 aliphatic heterocycles. The van der Waals surface area contributed by atoms with E-state index in [0.717, 1.165) is 35.7 Å². The van der Waals surface area contributed by atoms with Gasteiger partial charge in [-0.05, 0) is 36.4 Å². The summed E-state index contributed by atoms with van der Waals surface area (Å²) in [5.41, 5.74) is -0.0255. The first-order chi connectivity index (χ1) is 12.3. The molecule has 2 aromatic carbocycles. The van der Waals surface area contributed by atoms with Crippen LogP contribution in [0.5, 0.6) is 5.75 Å². The number of esters is 1. The molecule has 0 heterocycles. The van der Waals surface area contributed by atoms with E-state index in [1.165, 1.54) is 19.2 Å². The second kappa shape index (κ2) is 7.83. The molecule has 26 heavy (non-hydrogen) atoms. The summed E-state index contributed by atoms with van der Waals surface area (Å²) in [4.78, 5) is 21.6. The van der Waals surface area contributed by atoms with Crippen LogP contribution in [0.4, 0.5) is 11.4 Å². The van der Waals surface area contributed by atoms with Crippen molar-refractivity contribution in [1.82, 2.24) is 0 Å². The number of ether oxygens (including phenoxy) is 2. The number of non-ortho nitro benzene ring substituents is 1. The maximum Gasteiger partial charge on any atom is 0.326 e. The first-order valence-electron chi connectivity index (χ1n) is 7.27. The zero-order valence-electron chi connectivity index (χ0n) is 14.0. The third-order valence-corrected chi connectivity index (χ3v) is 5.28. The minimum Gasteiger partial charge on any atom is -0.497 e. The van der Waals surface area contributed by atoms with E-state index < -0.39 is 27.5 Å².